The highest BCUT2D eigenvalue weighted by Gasteiger charge is 2.14. The van der Waals surface area contributed by atoms with E-state index >= 15 is 0 Å². The average Bonchev–Trinajstić information content (AvgIpc) is 3.01. The van der Waals surface area contributed by atoms with Crippen LogP contribution in [0.25, 0.3) is 21.8 Å². The number of fused-ring (bicyclic) bond motifs is 3. The molecule has 1 atom stereocenters. The van der Waals surface area contributed by atoms with Gasteiger partial charge in [0.2, 0.25) is 5.91 Å². The predicted molar refractivity (Wildman–Crippen MR) is 116 cm³/mol. The van der Waals surface area contributed by atoms with Gasteiger partial charge in [-0.2, -0.15) is 0 Å². The Morgan fingerprint density at radius 2 is 1.66 bits per heavy atom. The molecule has 0 aliphatic heterocycles. The van der Waals surface area contributed by atoms with Gasteiger partial charge in [-0.05, 0) is 42.8 Å². The van der Waals surface area contributed by atoms with Crippen LogP contribution in [0.3, 0.4) is 0 Å². The van der Waals surface area contributed by atoms with Gasteiger partial charge in [-0.3, -0.25) is 4.79 Å². The van der Waals surface area contributed by atoms with Crippen LogP contribution in [-0.4, -0.2) is 28.3 Å². The quantitative estimate of drug-likeness (QED) is 0.511. The fraction of sp³-hybridized carbons (Fsp3) is 0.208. The summed E-state index contributed by atoms with van der Waals surface area (Å²) in [6.07, 6.45) is -0.663. The third-order valence-corrected chi connectivity index (χ3v) is 5.00. The molecule has 0 bridgehead atoms. The molecule has 5 nitrogen and oxygen atoms in total. The first kappa shape index (κ1) is 19.0. The molecule has 1 amide bonds. The first-order valence-corrected chi connectivity index (χ1v) is 9.68. The lowest BCUT2D eigenvalue weighted by molar-refractivity contribution is -0.114. The fourth-order valence-electron chi connectivity index (χ4n) is 3.74. The molecule has 1 aromatic heterocycles. The SMILES string of the molecule is CC(=O)Nc1ccc(OC[C@@H](O)Cn2c3ccccc3c3ccccc32)c(C)c1. The minimum absolute atomic E-state index is 0.111. The zero-order chi connectivity index (χ0) is 20.4. The van der Waals surface area contributed by atoms with Crippen molar-refractivity contribution in [3.8, 4) is 5.75 Å². The van der Waals surface area contributed by atoms with Gasteiger partial charge >= 0.3 is 0 Å². The molecule has 2 N–H and O–H groups in total. The number of anilines is 1. The molecule has 4 aromatic rings. The molecule has 4 rings (SSSR count). The molecular formula is C24H24N2O3. The number of aryl methyl sites for hydroxylation is 1. The normalized spacial score (nSPS) is 12.2. The molecule has 0 spiro atoms. The maximum atomic E-state index is 11.2. The topological polar surface area (TPSA) is 63.5 Å². The summed E-state index contributed by atoms with van der Waals surface area (Å²) in [5.74, 6) is 0.583. The molecule has 0 aliphatic rings. The van der Waals surface area contributed by atoms with Crippen LogP contribution in [-0.2, 0) is 11.3 Å². The third-order valence-electron chi connectivity index (χ3n) is 5.00. The van der Waals surface area contributed by atoms with Crippen molar-refractivity contribution in [1.29, 1.82) is 0 Å². The van der Waals surface area contributed by atoms with Crippen LogP contribution in [0.4, 0.5) is 5.69 Å². The van der Waals surface area contributed by atoms with Gasteiger partial charge in [0, 0.05) is 34.4 Å². The number of aliphatic hydroxyl groups excluding tert-OH is 1. The summed E-state index contributed by atoms with van der Waals surface area (Å²) < 4.78 is 8.00. The smallest absolute Gasteiger partial charge is 0.221 e. The van der Waals surface area contributed by atoms with E-state index in [2.05, 4.69) is 34.1 Å². The van der Waals surface area contributed by atoms with Crippen molar-refractivity contribution in [2.75, 3.05) is 11.9 Å². The monoisotopic (exact) mass is 388 g/mol. The summed E-state index contributed by atoms with van der Waals surface area (Å²) in [5.41, 5.74) is 3.83. The Morgan fingerprint density at radius 3 is 2.24 bits per heavy atom. The number of nitrogens with zero attached hydrogens (tertiary/aromatic N) is 1. The van der Waals surface area contributed by atoms with Crippen molar-refractivity contribution in [2.45, 2.75) is 26.5 Å². The lowest BCUT2D eigenvalue weighted by atomic mass is 10.2. The van der Waals surface area contributed by atoms with Gasteiger partial charge in [-0.15, -0.1) is 0 Å². The van der Waals surface area contributed by atoms with Crippen molar-refractivity contribution in [2.24, 2.45) is 0 Å². The van der Waals surface area contributed by atoms with E-state index in [9.17, 15) is 9.90 Å². The number of para-hydroxylation sites is 2. The molecule has 0 saturated heterocycles. The van der Waals surface area contributed by atoms with Gasteiger partial charge < -0.3 is 19.7 Å². The van der Waals surface area contributed by atoms with E-state index in [1.54, 1.807) is 6.07 Å². The van der Waals surface area contributed by atoms with Crippen LogP contribution in [0.1, 0.15) is 12.5 Å². The van der Waals surface area contributed by atoms with Gasteiger partial charge in [0.25, 0.3) is 0 Å². The van der Waals surface area contributed by atoms with Crippen molar-refractivity contribution >= 4 is 33.4 Å². The fourth-order valence-corrected chi connectivity index (χ4v) is 3.74. The van der Waals surface area contributed by atoms with Crippen LogP contribution < -0.4 is 10.1 Å². The second kappa shape index (κ2) is 7.97. The highest BCUT2D eigenvalue weighted by atomic mass is 16.5. The highest BCUT2D eigenvalue weighted by molar-refractivity contribution is 6.07. The maximum Gasteiger partial charge on any atom is 0.221 e. The van der Waals surface area contributed by atoms with E-state index in [-0.39, 0.29) is 12.5 Å². The Kier molecular flexibility index (Phi) is 5.23. The van der Waals surface area contributed by atoms with Crippen LogP contribution in [0.2, 0.25) is 0 Å². The first-order valence-electron chi connectivity index (χ1n) is 9.68. The van der Waals surface area contributed by atoms with Crippen molar-refractivity contribution in [3.05, 3.63) is 72.3 Å². The van der Waals surface area contributed by atoms with E-state index in [4.69, 9.17) is 4.74 Å². The molecule has 5 heteroatoms. The second-order valence-corrected chi connectivity index (χ2v) is 7.27. The van der Waals surface area contributed by atoms with E-state index in [1.807, 2.05) is 43.3 Å². The van der Waals surface area contributed by atoms with Crippen molar-refractivity contribution in [3.63, 3.8) is 0 Å². The van der Waals surface area contributed by atoms with Crippen molar-refractivity contribution in [1.82, 2.24) is 4.57 Å². The Hall–Kier alpha value is -3.31. The lowest BCUT2D eigenvalue weighted by Crippen LogP contribution is -2.23. The lowest BCUT2D eigenvalue weighted by Gasteiger charge is -2.16. The minimum atomic E-state index is -0.663. The highest BCUT2D eigenvalue weighted by Crippen LogP contribution is 2.29. The summed E-state index contributed by atoms with van der Waals surface area (Å²) in [7, 11) is 0. The van der Waals surface area contributed by atoms with E-state index in [0.29, 0.717) is 12.3 Å². The molecule has 29 heavy (non-hydrogen) atoms. The number of hydrogen-bond donors (Lipinski definition) is 2. The van der Waals surface area contributed by atoms with E-state index < -0.39 is 6.10 Å². The largest absolute Gasteiger partial charge is 0.491 e. The number of amides is 1. The number of carbonyl (C=O) groups is 1. The van der Waals surface area contributed by atoms with Crippen LogP contribution in [0.15, 0.2) is 66.7 Å². The number of ether oxygens (including phenoxy) is 1. The molecule has 148 valence electrons. The van der Waals surface area contributed by atoms with Gasteiger partial charge in [0.1, 0.15) is 18.5 Å². The number of carbonyl (C=O) groups excluding carboxylic acids is 1. The predicted octanol–water partition coefficient (Wildman–Crippen LogP) is 4.50. The zero-order valence-corrected chi connectivity index (χ0v) is 16.6. The zero-order valence-electron chi connectivity index (χ0n) is 16.6. The van der Waals surface area contributed by atoms with Gasteiger partial charge in [0.15, 0.2) is 0 Å². The van der Waals surface area contributed by atoms with Crippen LogP contribution in [0, 0.1) is 6.92 Å². The van der Waals surface area contributed by atoms with E-state index in [0.717, 1.165) is 22.3 Å². The number of aromatic nitrogens is 1. The summed E-state index contributed by atoms with van der Waals surface area (Å²) in [6.45, 7) is 4.02. The Bertz CT molecular complexity index is 1130. The Labute approximate surface area is 169 Å². The van der Waals surface area contributed by atoms with Crippen LogP contribution >= 0.6 is 0 Å². The van der Waals surface area contributed by atoms with Crippen LogP contribution in [0.5, 0.6) is 5.75 Å². The Balaban J connectivity index is 1.50. The molecule has 0 radical (unpaired) electrons. The molecule has 1 heterocycles. The second-order valence-electron chi connectivity index (χ2n) is 7.27. The molecule has 0 unspecified atom stereocenters. The molecule has 3 aromatic carbocycles. The molecule has 0 fully saturated rings. The minimum Gasteiger partial charge on any atom is -0.491 e. The summed E-state index contributed by atoms with van der Waals surface area (Å²) in [6, 6.07) is 21.9. The summed E-state index contributed by atoms with van der Waals surface area (Å²) >= 11 is 0. The number of rotatable bonds is 6. The maximum absolute atomic E-state index is 11.2. The molecule has 0 aliphatic carbocycles. The summed E-state index contributed by atoms with van der Waals surface area (Å²) in [5, 5.41) is 15.8. The Morgan fingerprint density at radius 1 is 1.03 bits per heavy atom. The van der Waals surface area contributed by atoms with Gasteiger partial charge in [-0.1, -0.05) is 36.4 Å². The number of benzene rings is 3. The van der Waals surface area contributed by atoms with E-state index in [1.165, 1.54) is 17.7 Å². The standard InChI is InChI=1S/C24H24N2O3/c1-16-13-18(25-17(2)27)11-12-24(16)29-15-19(28)14-26-22-9-5-3-7-20(22)21-8-4-6-10-23(21)26/h3-13,19,28H,14-15H2,1-2H3,(H,25,27)/t19-/m0/s1. The summed E-state index contributed by atoms with van der Waals surface area (Å²) in [4.78, 5) is 11.2. The first-order chi connectivity index (χ1) is 14.0. The molecule has 0 saturated carbocycles. The van der Waals surface area contributed by atoms with Crippen molar-refractivity contribution < 1.29 is 14.6 Å². The van der Waals surface area contributed by atoms with Gasteiger partial charge in [-0.25, -0.2) is 0 Å². The number of aliphatic hydroxyl groups is 1. The third kappa shape index (κ3) is 3.96. The van der Waals surface area contributed by atoms with Gasteiger partial charge in [0.05, 0.1) is 6.54 Å². The molecular weight excluding hydrogens is 364 g/mol. The average molecular weight is 388 g/mol. The number of nitrogens with one attached hydrogen (secondary N) is 1. The number of hydrogen-bond acceptors (Lipinski definition) is 3.